The molecule has 4 rings (SSSR count). The Morgan fingerprint density at radius 2 is 1.84 bits per heavy atom. The number of nitrogens with one attached hydrogen (secondary N) is 1. The van der Waals surface area contributed by atoms with Crippen LogP contribution in [0.25, 0.3) is 11.2 Å². The van der Waals surface area contributed by atoms with E-state index in [-0.39, 0.29) is 29.3 Å². The molecule has 1 unspecified atom stereocenters. The van der Waals surface area contributed by atoms with Crippen LogP contribution in [0, 0.1) is 0 Å². The van der Waals surface area contributed by atoms with Crippen LogP contribution in [0.2, 0.25) is 18.1 Å². The molecule has 0 bridgehead atoms. The van der Waals surface area contributed by atoms with E-state index in [1.54, 1.807) is 18.5 Å². The molecule has 2 aromatic heterocycles. The highest BCUT2D eigenvalue weighted by atomic mass is 31.1. The minimum Gasteiger partial charge on any atom is -0.407 e. The average molecular weight is 544 g/mol. The molecule has 4 atom stereocenters. The lowest BCUT2D eigenvalue weighted by molar-refractivity contribution is -0.0323. The van der Waals surface area contributed by atoms with Gasteiger partial charge >= 0.3 is 0 Å². The number of aromatic nitrogens is 4. The Morgan fingerprint density at radius 3 is 2.46 bits per heavy atom. The van der Waals surface area contributed by atoms with Gasteiger partial charge < -0.3 is 19.0 Å². The number of ether oxygens (including phenoxy) is 1. The van der Waals surface area contributed by atoms with Gasteiger partial charge in [-0.25, -0.2) is 15.0 Å². The second kappa shape index (κ2) is 10.9. The second-order valence-corrected chi connectivity index (χ2v) is 17.7. The number of carbonyl (C=O) groups is 1. The zero-order valence-corrected chi connectivity index (χ0v) is 24.8. The molecule has 9 nitrogen and oxygen atoms in total. The van der Waals surface area contributed by atoms with Crippen molar-refractivity contribution < 1.29 is 18.5 Å². The molecule has 3 heterocycles. The van der Waals surface area contributed by atoms with Gasteiger partial charge in [0.25, 0.3) is 5.91 Å². The van der Waals surface area contributed by atoms with Crippen molar-refractivity contribution >= 4 is 39.4 Å². The Bertz CT molecular complexity index is 1230. The van der Waals surface area contributed by atoms with Crippen LogP contribution in [0.5, 0.6) is 0 Å². The van der Waals surface area contributed by atoms with Crippen LogP contribution in [0.3, 0.4) is 0 Å². The van der Waals surface area contributed by atoms with Gasteiger partial charge in [-0.3, -0.25) is 9.36 Å². The maximum atomic E-state index is 12.8. The van der Waals surface area contributed by atoms with Gasteiger partial charge in [-0.05, 0) is 50.0 Å². The molecule has 200 valence electrons. The van der Waals surface area contributed by atoms with Crippen molar-refractivity contribution in [3.8, 4) is 0 Å². The van der Waals surface area contributed by atoms with Crippen LogP contribution in [0.15, 0.2) is 43.0 Å². The number of anilines is 1. The van der Waals surface area contributed by atoms with Crippen molar-refractivity contribution in [2.24, 2.45) is 0 Å². The first-order chi connectivity index (χ1) is 17.4. The molecule has 3 aromatic rings. The SMILES string of the molecule is CC[C@H]1O[C@@H](n2cnc3c(NC(=O)c4ccccc4)ncnc32)[C@@H](O[Si](C)(C)C(C)(C)C)C1OP(C)C. The van der Waals surface area contributed by atoms with E-state index in [9.17, 15) is 4.79 Å². The van der Waals surface area contributed by atoms with Gasteiger partial charge in [0.15, 0.2) is 31.5 Å². The number of carbonyl (C=O) groups excluding carboxylic acids is 1. The lowest BCUT2D eigenvalue weighted by atomic mass is 10.1. The average Bonchev–Trinajstić information content (AvgIpc) is 3.40. The van der Waals surface area contributed by atoms with Crippen LogP contribution in [0.1, 0.15) is 50.7 Å². The maximum Gasteiger partial charge on any atom is 0.256 e. The Morgan fingerprint density at radius 1 is 1.14 bits per heavy atom. The van der Waals surface area contributed by atoms with Crippen LogP contribution in [-0.4, -0.2) is 65.4 Å². The van der Waals surface area contributed by atoms with Gasteiger partial charge in [-0.1, -0.05) is 45.9 Å². The number of nitrogens with zero attached hydrogens (tertiary/aromatic N) is 4. The van der Waals surface area contributed by atoms with Crippen molar-refractivity contribution in [2.75, 3.05) is 18.6 Å². The molecule has 1 fully saturated rings. The zero-order valence-electron chi connectivity index (χ0n) is 22.9. The number of amides is 1. The van der Waals surface area contributed by atoms with Crippen molar-refractivity contribution in [2.45, 2.75) is 76.8 Å². The third-order valence-corrected chi connectivity index (χ3v) is 12.3. The number of rotatable bonds is 8. The Kier molecular flexibility index (Phi) is 8.16. The van der Waals surface area contributed by atoms with E-state index < -0.39 is 22.7 Å². The van der Waals surface area contributed by atoms with Crippen molar-refractivity contribution in [3.63, 3.8) is 0 Å². The summed E-state index contributed by atoms with van der Waals surface area (Å²) in [6.45, 7) is 17.5. The summed E-state index contributed by atoms with van der Waals surface area (Å²) in [7, 11) is -2.80. The molecule has 1 aromatic carbocycles. The molecule has 37 heavy (non-hydrogen) atoms. The highest BCUT2D eigenvalue weighted by molar-refractivity contribution is 7.50. The lowest BCUT2D eigenvalue weighted by Crippen LogP contribution is -2.48. The molecule has 0 spiro atoms. The predicted octanol–water partition coefficient (Wildman–Crippen LogP) is 5.82. The van der Waals surface area contributed by atoms with E-state index >= 15 is 0 Å². The van der Waals surface area contributed by atoms with Crippen molar-refractivity contribution in [1.82, 2.24) is 19.5 Å². The third kappa shape index (κ3) is 5.78. The van der Waals surface area contributed by atoms with Crippen LogP contribution in [-0.2, 0) is 13.7 Å². The topological polar surface area (TPSA) is 100 Å². The van der Waals surface area contributed by atoms with Crippen LogP contribution in [0.4, 0.5) is 5.82 Å². The standard InChI is InChI=1S/C26H38N5O4PSi/c1-9-18-20(34-36(5)6)21(35-37(7,8)26(2,3)4)25(33-18)31-16-29-19-22(27-15-28-23(19)31)30-24(32)17-13-11-10-12-14-17/h10-16,18,20-21,25H,9H2,1-8H3,(H,27,28,30,32)/t18-,20?,21+,25-/m1/s1. The van der Waals surface area contributed by atoms with Crippen LogP contribution >= 0.6 is 8.15 Å². The highest BCUT2D eigenvalue weighted by Crippen LogP contribution is 2.46. The molecule has 11 heteroatoms. The van der Waals surface area contributed by atoms with Gasteiger partial charge in [0, 0.05) is 13.7 Å². The first-order valence-electron chi connectivity index (χ1n) is 12.6. The summed E-state index contributed by atoms with van der Waals surface area (Å²) in [5.74, 6) is 0.0908. The molecule has 1 saturated heterocycles. The highest BCUT2D eigenvalue weighted by Gasteiger charge is 2.51. The summed E-state index contributed by atoms with van der Waals surface area (Å²) in [6.07, 6.45) is 2.79. The summed E-state index contributed by atoms with van der Waals surface area (Å²) in [5, 5.41) is 2.89. The smallest absolute Gasteiger partial charge is 0.256 e. The summed E-state index contributed by atoms with van der Waals surface area (Å²) < 4.78 is 21.9. The molecule has 1 N–H and O–H groups in total. The fourth-order valence-corrected chi connectivity index (χ4v) is 6.20. The van der Waals surface area contributed by atoms with E-state index in [4.69, 9.17) is 13.7 Å². The number of hydrogen-bond donors (Lipinski definition) is 1. The van der Waals surface area contributed by atoms with Gasteiger partial charge in [-0.2, -0.15) is 0 Å². The van der Waals surface area contributed by atoms with E-state index in [1.165, 1.54) is 6.33 Å². The molecule has 0 radical (unpaired) electrons. The molecule has 1 amide bonds. The van der Waals surface area contributed by atoms with Gasteiger partial charge in [0.05, 0.1) is 12.4 Å². The molecular formula is C26H38N5O4PSi. The normalized spacial score (nSPS) is 22.6. The Hall–Kier alpha value is -2.23. The van der Waals surface area contributed by atoms with Gasteiger partial charge in [0.1, 0.15) is 18.5 Å². The van der Waals surface area contributed by atoms with E-state index in [0.29, 0.717) is 22.5 Å². The minimum atomic E-state index is -2.17. The van der Waals surface area contributed by atoms with Crippen molar-refractivity contribution in [1.29, 1.82) is 0 Å². The monoisotopic (exact) mass is 543 g/mol. The largest absolute Gasteiger partial charge is 0.407 e. The summed E-state index contributed by atoms with van der Waals surface area (Å²) >= 11 is 0. The molecule has 0 saturated carbocycles. The van der Waals surface area contributed by atoms with Crippen LogP contribution < -0.4 is 5.32 Å². The summed E-state index contributed by atoms with van der Waals surface area (Å²) in [5.41, 5.74) is 1.60. The second-order valence-electron chi connectivity index (χ2n) is 11.1. The van der Waals surface area contributed by atoms with E-state index in [1.807, 2.05) is 22.8 Å². The zero-order chi connectivity index (χ0) is 27.0. The fraction of sp³-hybridized carbons (Fsp3) is 0.538. The Balaban J connectivity index is 1.72. The fourth-order valence-electron chi connectivity index (χ4n) is 4.17. The molecule has 1 aliphatic rings. The predicted molar refractivity (Wildman–Crippen MR) is 150 cm³/mol. The molecule has 1 aliphatic heterocycles. The first-order valence-corrected chi connectivity index (χ1v) is 17.7. The minimum absolute atomic E-state index is 0.0175. The van der Waals surface area contributed by atoms with E-state index in [0.717, 1.165) is 6.42 Å². The quantitative estimate of drug-likeness (QED) is 0.282. The Labute approximate surface area is 221 Å². The maximum absolute atomic E-state index is 12.8. The summed E-state index contributed by atoms with van der Waals surface area (Å²) in [6, 6.07) is 9.01. The number of imidazole rings is 1. The summed E-state index contributed by atoms with van der Waals surface area (Å²) in [4.78, 5) is 26.2. The third-order valence-electron chi connectivity index (χ3n) is 7.16. The first kappa shape index (κ1) is 27.8. The van der Waals surface area contributed by atoms with E-state index in [2.05, 4.69) is 74.4 Å². The van der Waals surface area contributed by atoms with Gasteiger partial charge in [-0.15, -0.1) is 0 Å². The van der Waals surface area contributed by atoms with Gasteiger partial charge in [0.2, 0.25) is 0 Å². The number of benzene rings is 1. The molecule has 0 aliphatic carbocycles. The number of hydrogen-bond acceptors (Lipinski definition) is 7. The number of fused-ring (bicyclic) bond motifs is 1. The lowest BCUT2D eigenvalue weighted by Gasteiger charge is -2.40. The van der Waals surface area contributed by atoms with Crippen molar-refractivity contribution in [3.05, 3.63) is 48.5 Å². The molecular weight excluding hydrogens is 505 g/mol.